The van der Waals surface area contributed by atoms with E-state index in [-0.39, 0.29) is 0 Å². The minimum Gasteiger partial charge on any atom is -0.359 e. The smallest absolute Gasteiger partial charge is 0.168 e. The summed E-state index contributed by atoms with van der Waals surface area (Å²) in [4.78, 5) is 4.59. The minimum atomic E-state index is 0.602. The van der Waals surface area contributed by atoms with Crippen molar-refractivity contribution < 1.29 is 0 Å². The Hall–Kier alpha value is 0.170. The van der Waals surface area contributed by atoms with Gasteiger partial charge in [-0.05, 0) is 36.3 Å². The molecule has 1 aliphatic heterocycles. The number of hydrogen-bond acceptors (Lipinski definition) is 4. The summed E-state index contributed by atoms with van der Waals surface area (Å²) in [5.41, 5.74) is 0. The van der Waals surface area contributed by atoms with Crippen LogP contribution in [0.1, 0.15) is 19.3 Å². The Labute approximate surface area is 75.0 Å². The highest BCUT2D eigenvalue weighted by atomic mass is 33.1. The lowest BCUT2D eigenvalue weighted by molar-refractivity contribution is 0.601. The van der Waals surface area contributed by atoms with E-state index in [1.54, 1.807) is 21.6 Å². The summed E-state index contributed by atoms with van der Waals surface area (Å²) in [6.07, 6.45) is 6.04. The zero-order chi connectivity index (χ0) is 7.68. The van der Waals surface area contributed by atoms with Gasteiger partial charge in [0.05, 0.1) is 12.1 Å². The molecular weight excluding hydrogens is 176 g/mol. The number of rotatable bonds is 1. The number of nitrogens with zero attached hydrogens (tertiary/aromatic N) is 1. The van der Waals surface area contributed by atoms with Gasteiger partial charge in [0.25, 0.3) is 0 Å². The molecule has 0 radical (unpaired) electrons. The van der Waals surface area contributed by atoms with Crippen molar-refractivity contribution in [1.29, 1.82) is 0 Å². The van der Waals surface area contributed by atoms with Crippen LogP contribution in [-0.4, -0.2) is 23.5 Å². The van der Waals surface area contributed by atoms with E-state index in [2.05, 4.69) is 16.6 Å². The Morgan fingerprint density at radius 3 is 3.18 bits per heavy atom. The topological polar surface area (TPSA) is 24.4 Å². The van der Waals surface area contributed by atoms with Crippen molar-refractivity contribution in [2.75, 3.05) is 6.26 Å². The molecule has 0 aromatic rings. The maximum atomic E-state index is 4.59. The van der Waals surface area contributed by atoms with Crippen LogP contribution in [0.3, 0.4) is 0 Å². The van der Waals surface area contributed by atoms with Gasteiger partial charge in [0.1, 0.15) is 0 Å². The monoisotopic (exact) mass is 188 g/mol. The molecule has 2 nitrogen and oxygen atoms in total. The summed E-state index contributed by atoms with van der Waals surface area (Å²) in [5.74, 6) is 0. The maximum Gasteiger partial charge on any atom is 0.168 e. The normalized spacial score (nSPS) is 34.8. The Kier molecular flexibility index (Phi) is 2.32. The van der Waals surface area contributed by atoms with Crippen LogP contribution in [0.2, 0.25) is 0 Å². The lowest BCUT2D eigenvalue weighted by Gasteiger charge is -2.06. The summed E-state index contributed by atoms with van der Waals surface area (Å²) < 4.78 is 0. The molecule has 1 N–H and O–H groups in total. The molecule has 11 heavy (non-hydrogen) atoms. The van der Waals surface area contributed by atoms with Crippen LogP contribution < -0.4 is 5.32 Å². The first-order chi connectivity index (χ1) is 5.40. The Bertz CT molecular complexity index is 181. The molecule has 2 unspecified atom stereocenters. The molecule has 2 rings (SSSR count). The van der Waals surface area contributed by atoms with E-state index in [1.807, 2.05) is 0 Å². The van der Waals surface area contributed by atoms with Crippen molar-refractivity contribution in [3.63, 3.8) is 0 Å². The average Bonchev–Trinajstić information content (AvgIpc) is 2.46. The largest absolute Gasteiger partial charge is 0.359 e. The predicted octanol–water partition coefficient (Wildman–Crippen LogP) is 1.88. The number of nitrogens with one attached hydrogen (secondary N) is 1. The second-order valence-corrected chi connectivity index (χ2v) is 5.32. The molecule has 1 fully saturated rings. The molecule has 0 amide bonds. The van der Waals surface area contributed by atoms with Gasteiger partial charge in [0.2, 0.25) is 0 Å². The minimum absolute atomic E-state index is 0.602. The number of amidine groups is 1. The third kappa shape index (κ3) is 1.51. The van der Waals surface area contributed by atoms with Gasteiger partial charge >= 0.3 is 0 Å². The van der Waals surface area contributed by atoms with Crippen LogP contribution in [0.25, 0.3) is 0 Å². The SMILES string of the molecule is CSSC1=NC2CCCC2N1. The van der Waals surface area contributed by atoms with E-state index >= 15 is 0 Å². The van der Waals surface area contributed by atoms with Gasteiger partial charge in [-0.25, -0.2) is 0 Å². The van der Waals surface area contributed by atoms with E-state index in [0.29, 0.717) is 12.1 Å². The van der Waals surface area contributed by atoms with Crippen LogP contribution in [0.5, 0.6) is 0 Å². The van der Waals surface area contributed by atoms with Crippen LogP contribution >= 0.6 is 21.6 Å². The van der Waals surface area contributed by atoms with E-state index in [0.717, 1.165) is 5.17 Å². The zero-order valence-corrected chi connectivity index (χ0v) is 8.17. The van der Waals surface area contributed by atoms with Crippen LogP contribution in [0.4, 0.5) is 0 Å². The quantitative estimate of drug-likeness (QED) is 0.636. The predicted molar refractivity (Wildman–Crippen MR) is 53.1 cm³/mol. The number of fused-ring (bicyclic) bond motifs is 1. The third-order valence-electron chi connectivity index (χ3n) is 2.23. The van der Waals surface area contributed by atoms with E-state index in [9.17, 15) is 0 Å². The first-order valence-corrected chi connectivity index (χ1v) is 6.51. The molecule has 2 aliphatic rings. The summed E-state index contributed by atoms with van der Waals surface area (Å²) in [5, 5.41) is 4.59. The molecule has 0 aromatic heterocycles. The zero-order valence-electron chi connectivity index (χ0n) is 6.54. The second kappa shape index (κ2) is 3.27. The van der Waals surface area contributed by atoms with Crippen molar-refractivity contribution in [3.05, 3.63) is 0 Å². The van der Waals surface area contributed by atoms with Gasteiger partial charge in [-0.3, -0.25) is 4.99 Å². The number of hydrogen-bond donors (Lipinski definition) is 1. The van der Waals surface area contributed by atoms with E-state index in [1.165, 1.54) is 19.3 Å². The van der Waals surface area contributed by atoms with E-state index < -0.39 is 0 Å². The van der Waals surface area contributed by atoms with Crippen LogP contribution in [0, 0.1) is 0 Å². The Morgan fingerprint density at radius 1 is 1.55 bits per heavy atom. The molecule has 4 heteroatoms. The van der Waals surface area contributed by atoms with Crippen molar-refractivity contribution in [3.8, 4) is 0 Å². The van der Waals surface area contributed by atoms with Gasteiger partial charge in [0.15, 0.2) is 5.17 Å². The number of aliphatic imine (C=N–C) groups is 1. The van der Waals surface area contributed by atoms with Gasteiger partial charge in [-0.15, -0.1) is 0 Å². The summed E-state index contributed by atoms with van der Waals surface area (Å²) in [7, 11) is 3.51. The summed E-state index contributed by atoms with van der Waals surface area (Å²) in [6.45, 7) is 0. The van der Waals surface area contributed by atoms with Gasteiger partial charge in [0, 0.05) is 0 Å². The first kappa shape index (κ1) is 7.80. The van der Waals surface area contributed by atoms with Crippen LogP contribution in [-0.2, 0) is 0 Å². The van der Waals surface area contributed by atoms with Crippen molar-refractivity contribution >= 4 is 26.8 Å². The second-order valence-electron chi connectivity index (χ2n) is 2.93. The molecule has 2 atom stereocenters. The van der Waals surface area contributed by atoms with Crippen molar-refractivity contribution in [2.45, 2.75) is 31.3 Å². The highest BCUT2D eigenvalue weighted by Crippen LogP contribution is 2.30. The maximum absolute atomic E-state index is 4.59. The average molecular weight is 188 g/mol. The fraction of sp³-hybridized carbons (Fsp3) is 0.857. The molecular formula is C7H12N2S2. The molecule has 0 spiro atoms. The molecule has 0 bridgehead atoms. The Balaban J connectivity index is 1.96. The Morgan fingerprint density at radius 2 is 2.45 bits per heavy atom. The highest BCUT2D eigenvalue weighted by molar-refractivity contribution is 8.82. The summed E-state index contributed by atoms with van der Waals surface area (Å²) in [6, 6.07) is 1.27. The fourth-order valence-corrected chi connectivity index (χ4v) is 3.02. The molecule has 62 valence electrons. The molecule has 1 saturated carbocycles. The van der Waals surface area contributed by atoms with Crippen molar-refractivity contribution in [1.82, 2.24) is 5.32 Å². The molecule has 0 aromatic carbocycles. The molecule has 1 aliphatic carbocycles. The van der Waals surface area contributed by atoms with Crippen molar-refractivity contribution in [2.24, 2.45) is 4.99 Å². The third-order valence-corrected chi connectivity index (χ3v) is 3.76. The van der Waals surface area contributed by atoms with Gasteiger partial charge in [-0.1, -0.05) is 10.8 Å². The lowest BCUT2D eigenvalue weighted by Crippen LogP contribution is -2.29. The highest BCUT2D eigenvalue weighted by Gasteiger charge is 2.32. The van der Waals surface area contributed by atoms with Gasteiger partial charge in [-0.2, -0.15) is 0 Å². The molecule has 0 saturated heterocycles. The fourth-order valence-electron chi connectivity index (χ4n) is 1.73. The lowest BCUT2D eigenvalue weighted by atomic mass is 10.2. The van der Waals surface area contributed by atoms with E-state index in [4.69, 9.17) is 0 Å². The summed E-state index contributed by atoms with van der Waals surface area (Å²) >= 11 is 0. The standard InChI is InChI=1S/C7H12N2S2/c1-10-11-7-8-5-3-2-4-6(5)9-7/h5-6H,2-4H2,1H3,(H,8,9). The molecule has 1 heterocycles. The van der Waals surface area contributed by atoms with Crippen LogP contribution in [0.15, 0.2) is 4.99 Å². The first-order valence-electron chi connectivity index (χ1n) is 3.95. The van der Waals surface area contributed by atoms with Gasteiger partial charge < -0.3 is 5.32 Å².